The third-order valence-corrected chi connectivity index (χ3v) is 3.83. The van der Waals surface area contributed by atoms with E-state index in [1.165, 1.54) is 24.3 Å². The van der Waals surface area contributed by atoms with E-state index in [1.807, 2.05) is 13.8 Å². The van der Waals surface area contributed by atoms with Crippen LogP contribution in [-0.2, 0) is 17.4 Å². The summed E-state index contributed by atoms with van der Waals surface area (Å²) >= 11 is 0. The van der Waals surface area contributed by atoms with Crippen LogP contribution in [0, 0.1) is 11.7 Å². The number of benzene rings is 2. The van der Waals surface area contributed by atoms with E-state index >= 15 is 0 Å². The Balaban J connectivity index is 2.11. The molecular weight excluding hydrogens is 334 g/mol. The molecular formula is C19H19F4NO. The Morgan fingerprint density at radius 3 is 2.28 bits per heavy atom. The minimum atomic E-state index is -4.44. The first-order valence-corrected chi connectivity index (χ1v) is 7.88. The van der Waals surface area contributed by atoms with Crippen molar-refractivity contribution in [1.82, 2.24) is 5.32 Å². The number of hydrogen-bond donors (Lipinski definition) is 1. The second kappa shape index (κ2) is 7.68. The molecule has 0 aliphatic carbocycles. The van der Waals surface area contributed by atoms with Crippen molar-refractivity contribution in [3.63, 3.8) is 0 Å². The number of halogens is 4. The molecule has 0 aromatic heterocycles. The number of carbonyl (C=O) groups is 1. The van der Waals surface area contributed by atoms with Gasteiger partial charge in [0.1, 0.15) is 5.82 Å². The van der Waals surface area contributed by atoms with Crippen LogP contribution < -0.4 is 5.32 Å². The molecule has 1 N–H and O–H groups in total. The lowest BCUT2D eigenvalue weighted by Crippen LogP contribution is -2.32. The summed E-state index contributed by atoms with van der Waals surface area (Å²) in [4.78, 5) is 12.3. The van der Waals surface area contributed by atoms with Crippen molar-refractivity contribution in [3.05, 3.63) is 71.0 Å². The molecule has 0 unspecified atom stereocenters. The molecule has 0 saturated carbocycles. The summed E-state index contributed by atoms with van der Waals surface area (Å²) < 4.78 is 51.3. The highest BCUT2D eigenvalue weighted by Gasteiger charge is 2.30. The van der Waals surface area contributed by atoms with Crippen molar-refractivity contribution in [3.8, 4) is 0 Å². The number of hydrogen-bond acceptors (Lipinski definition) is 1. The number of nitrogens with one attached hydrogen (secondary N) is 1. The fraction of sp³-hybridized carbons (Fsp3) is 0.316. The average Bonchev–Trinajstić information content (AvgIpc) is 2.53. The van der Waals surface area contributed by atoms with Crippen LogP contribution in [0.15, 0.2) is 48.5 Å². The first-order chi connectivity index (χ1) is 11.7. The van der Waals surface area contributed by atoms with Gasteiger partial charge in [-0.3, -0.25) is 4.79 Å². The molecule has 0 bridgehead atoms. The highest BCUT2D eigenvalue weighted by Crippen LogP contribution is 2.29. The van der Waals surface area contributed by atoms with E-state index in [0.29, 0.717) is 0 Å². The van der Waals surface area contributed by atoms with Crippen molar-refractivity contribution in [2.24, 2.45) is 5.92 Å². The fourth-order valence-corrected chi connectivity index (χ4v) is 2.57. The monoisotopic (exact) mass is 353 g/mol. The van der Waals surface area contributed by atoms with Crippen LogP contribution in [0.25, 0.3) is 0 Å². The van der Waals surface area contributed by atoms with Gasteiger partial charge in [-0.05, 0) is 35.2 Å². The van der Waals surface area contributed by atoms with Crippen LogP contribution in [0.3, 0.4) is 0 Å². The molecule has 0 aliphatic rings. The van der Waals surface area contributed by atoms with Crippen molar-refractivity contribution >= 4 is 5.91 Å². The molecule has 0 aliphatic heterocycles. The highest BCUT2D eigenvalue weighted by molar-refractivity contribution is 5.79. The van der Waals surface area contributed by atoms with E-state index in [2.05, 4.69) is 5.32 Å². The zero-order valence-corrected chi connectivity index (χ0v) is 13.9. The summed E-state index contributed by atoms with van der Waals surface area (Å²) in [6, 6.07) is 10.2. The Morgan fingerprint density at radius 1 is 1.08 bits per heavy atom. The Morgan fingerprint density at radius 2 is 1.72 bits per heavy atom. The summed E-state index contributed by atoms with van der Waals surface area (Å²) in [6.45, 7) is 3.80. The van der Waals surface area contributed by atoms with Gasteiger partial charge in [-0.2, -0.15) is 13.2 Å². The average molecular weight is 353 g/mol. The quantitative estimate of drug-likeness (QED) is 0.761. The molecule has 0 radical (unpaired) electrons. The van der Waals surface area contributed by atoms with Gasteiger partial charge >= 0.3 is 6.18 Å². The first-order valence-electron chi connectivity index (χ1n) is 7.88. The molecule has 6 heteroatoms. The minimum Gasteiger partial charge on any atom is -0.349 e. The molecule has 2 rings (SSSR count). The van der Waals surface area contributed by atoms with Gasteiger partial charge in [0.25, 0.3) is 0 Å². The Bertz CT molecular complexity index is 723. The number of rotatable bonds is 5. The normalized spacial score (nSPS) is 12.9. The first kappa shape index (κ1) is 19.0. The number of alkyl halides is 3. The number of amides is 1. The smallest absolute Gasteiger partial charge is 0.349 e. The van der Waals surface area contributed by atoms with E-state index in [9.17, 15) is 22.4 Å². The standard InChI is InChI=1S/C19H19F4NO/c1-12(2)18(14-6-8-16(20)9-7-14)24-17(25)11-13-4-3-5-15(10-13)19(21,22)23/h3-10,12,18H,11H2,1-2H3,(H,24,25)/t18-/m0/s1. The zero-order chi connectivity index (χ0) is 18.6. The topological polar surface area (TPSA) is 29.1 Å². The van der Waals surface area contributed by atoms with Crippen molar-refractivity contribution in [2.75, 3.05) is 0 Å². The van der Waals surface area contributed by atoms with E-state index < -0.39 is 11.7 Å². The Kier molecular flexibility index (Phi) is 5.82. The van der Waals surface area contributed by atoms with Crippen LogP contribution in [0.5, 0.6) is 0 Å². The maximum absolute atomic E-state index is 13.1. The lowest BCUT2D eigenvalue weighted by molar-refractivity contribution is -0.137. The van der Waals surface area contributed by atoms with Gasteiger partial charge in [0.15, 0.2) is 0 Å². The van der Waals surface area contributed by atoms with Crippen LogP contribution in [0.1, 0.15) is 36.6 Å². The summed E-state index contributed by atoms with van der Waals surface area (Å²) in [5.74, 6) is -0.722. The predicted molar refractivity (Wildman–Crippen MR) is 87.3 cm³/mol. The maximum atomic E-state index is 13.1. The fourth-order valence-electron chi connectivity index (χ4n) is 2.57. The molecule has 2 nitrogen and oxygen atoms in total. The van der Waals surface area contributed by atoms with E-state index in [4.69, 9.17) is 0 Å². The van der Waals surface area contributed by atoms with Crippen LogP contribution in [-0.4, -0.2) is 5.91 Å². The molecule has 25 heavy (non-hydrogen) atoms. The minimum absolute atomic E-state index is 0.0379. The van der Waals surface area contributed by atoms with Crippen molar-refractivity contribution in [2.45, 2.75) is 32.5 Å². The van der Waals surface area contributed by atoms with Crippen molar-refractivity contribution < 1.29 is 22.4 Å². The van der Waals surface area contributed by atoms with E-state index in [1.54, 1.807) is 12.1 Å². The highest BCUT2D eigenvalue weighted by atomic mass is 19.4. The largest absolute Gasteiger partial charge is 0.416 e. The third kappa shape index (κ3) is 5.31. The van der Waals surface area contributed by atoms with Gasteiger partial charge in [0.2, 0.25) is 5.91 Å². The van der Waals surface area contributed by atoms with Gasteiger partial charge in [-0.1, -0.05) is 44.2 Å². The lowest BCUT2D eigenvalue weighted by atomic mass is 9.95. The predicted octanol–water partition coefficient (Wildman–Crippen LogP) is 4.90. The summed E-state index contributed by atoms with van der Waals surface area (Å²) in [5, 5.41) is 2.82. The second-order valence-electron chi connectivity index (χ2n) is 6.22. The molecule has 1 amide bonds. The van der Waals surface area contributed by atoms with Gasteiger partial charge in [0.05, 0.1) is 18.0 Å². The number of carbonyl (C=O) groups excluding carboxylic acids is 1. The molecule has 0 fully saturated rings. The SMILES string of the molecule is CC(C)[C@H](NC(=O)Cc1cccc(C(F)(F)F)c1)c1ccc(F)cc1. The van der Waals surface area contributed by atoms with Crippen LogP contribution in [0.4, 0.5) is 17.6 Å². The Labute approximate surface area is 143 Å². The Hall–Kier alpha value is -2.37. The lowest BCUT2D eigenvalue weighted by Gasteiger charge is -2.23. The second-order valence-corrected chi connectivity index (χ2v) is 6.22. The zero-order valence-electron chi connectivity index (χ0n) is 13.9. The van der Waals surface area contributed by atoms with Crippen molar-refractivity contribution in [1.29, 1.82) is 0 Å². The molecule has 2 aromatic rings. The van der Waals surface area contributed by atoms with Crippen LogP contribution >= 0.6 is 0 Å². The summed E-state index contributed by atoms with van der Waals surface area (Å²) in [7, 11) is 0. The van der Waals surface area contributed by atoms with E-state index in [0.717, 1.165) is 17.7 Å². The third-order valence-electron chi connectivity index (χ3n) is 3.83. The van der Waals surface area contributed by atoms with Gasteiger partial charge in [0, 0.05) is 0 Å². The molecule has 1 atom stereocenters. The molecule has 0 spiro atoms. The molecule has 0 heterocycles. The van der Waals surface area contributed by atoms with Gasteiger partial charge < -0.3 is 5.32 Å². The summed E-state index contributed by atoms with van der Waals surface area (Å²) in [5.41, 5.74) is 0.250. The molecule has 134 valence electrons. The molecule has 0 saturated heterocycles. The maximum Gasteiger partial charge on any atom is 0.416 e. The summed E-state index contributed by atoms with van der Waals surface area (Å²) in [6.07, 6.45) is -4.60. The van der Waals surface area contributed by atoms with Gasteiger partial charge in [-0.25, -0.2) is 4.39 Å². The van der Waals surface area contributed by atoms with E-state index in [-0.39, 0.29) is 35.7 Å². The van der Waals surface area contributed by atoms with Gasteiger partial charge in [-0.15, -0.1) is 0 Å². The molecule has 2 aromatic carbocycles. The van der Waals surface area contributed by atoms with Crippen LogP contribution in [0.2, 0.25) is 0 Å².